The summed E-state index contributed by atoms with van der Waals surface area (Å²) >= 11 is 0. The molecule has 0 aliphatic carbocycles. The first-order chi connectivity index (χ1) is 12.4. The van der Waals surface area contributed by atoms with Gasteiger partial charge in [-0.15, -0.1) is 0 Å². The van der Waals surface area contributed by atoms with Crippen molar-refractivity contribution < 1.29 is 24.2 Å². The molecule has 0 saturated heterocycles. The number of ketones is 1. The third-order valence-corrected chi connectivity index (χ3v) is 3.34. The molecule has 0 unspecified atom stereocenters. The number of rotatable bonds is 6. The second-order valence-electron chi connectivity index (χ2n) is 4.77. The number of carbonyl (C=O) groups excluding carboxylic acids is 1. The normalized spacial score (nSPS) is 9.54. The zero-order chi connectivity index (χ0) is 19.3. The number of nitro benzene ring substituents is 2. The first kappa shape index (κ1) is 18.0. The summed E-state index contributed by atoms with van der Waals surface area (Å²) in [7, 11) is 0. The molecule has 0 heterocycles. The van der Waals surface area contributed by atoms with Gasteiger partial charge in [0, 0.05) is 12.1 Å². The number of nitro groups is 2. The van der Waals surface area contributed by atoms with Gasteiger partial charge in [0.2, 0.25) is 0 Å². The quantitative estimate of drug-likeness (QED) is 0.252. The summed E-state index contributed by atoms with van der Waals surface area (Å²) in [6.45, 7) is 0. The van der Waals surface area contributed by atoms with Crippen LogP contribution in [0.5, 0.6) is 0 Å². The van der Waals surface area contributed by atoms with E-state index >= 15 is 0 Å². The molecular formula is C15H8N6O5. The van der Waals surface area contributed by atoms with Gasteiger partial charge in [0.15, 0.2) is 0 Å². The summed E-state index contributed by atoms with van der Waals surface area (Å²) in [5, 5.41) is 22.2. The van der Waals surface area contributed by atoms with E-state index in [9.17, 15) is 36.1 Å². The topological polar surface area (TPSA) is 176 Å². The Morgan fingerprint density at radius 2 is 1.12 bits per heavy atom. The van der Waals surface area contributed by atoms with Gasteiger partial charge >= 0.3 is 17.2 Å². The zero-order valence-corrected chi connectivity index (χ0v) is 12.8. The van der Waals surface area contributed by atoms with E-state index in [1.54, 1.807) is 0 Å². The van der Waals surface area contributed by atoms with Crippen molar-refractivity contribution in [2.24, 2.45) is 0 Å². The van der Waals surface area contributed by atoms with Crippen LogP contribution in [-0.4, -0.2) is 36.6 Å². The number of para-hydroxylation sites is 2. The first-order valence-corrected chi connectivity index (χ1v) is 6.88. The lowest BCUT2D eigenvalue weighted by molar-refractivity contribution is -0.385. The number of nitrogens with zero attached hydrogens (tertiary/aromatic N) is 6. The van der Waals surface area contributed by atoms with Crippen molar-refractivity contribution in [1.29, 1.82) is 0 Å². The number of hydrogen-bond acceptors (Lipinski definition) is 5. The minimum absolute atomic E-state index is 0.343. The summed E-state index contributed by atoms with van der Waals surface area (Å²) in [4.78, 5) is 38.8. The molecule has 0 fully saturated rings. The number of Topliss-reactive ketones (excluding diaryl/α,β-unsaturated/α-hetero) is 1. The second-order valence-corrected chi connectivity index (χ2v) is 4.77. The summed E-state index contributed by atoms with van der Waals surface area (Å²) in [6.07, 6.45) is 0. The Kier molecular flexibility index (Phi) is 5.19. The fraction of sp³-hybridized carbons (Fsp3) is 0. The number of benzene rings is 2. The molecule has 0 aliphatic heterocycles. The fourth-order valence-corrected chi connectivity index (χ4v) is 2.22. The standard InChI is InChI=1S/C15H8N6O5/c16-18-13(9-5-1-3-7-11(9)20(23)24)15(22)14(19-17)10-6-2-4-8-12(10)21(25)26/h1-8H. The lowest BCUT2D eigenvalue weighted by Crippen LogP contribution is -2.28. The molecule has 128 valence electrons. The van der Waals surface area contributed by atoms with Gasteiger partial charge in [-0.25, -0.2) is 0 Å². The Labute approximate surface area is 144 Å². The number of carbonyl (C=O) groups is 1. The van der Waals surface area contributed by atoms with Crippen LogP contribution in [0.25, 0.3) is 11.1 Å². The van der Waals surface area contributed by atoms with Crippen molar-refractivity contribution in [3.63, 3.8) is 0 Å². The molecule has 0 atom stereocenters. The van der Waals surface area contributed by atoms with Gasteiger partial charge < -0.3 is 11.1 Å². The summed E-state index contributed by atoms with van der Waals surface area (Å²) in [5.41, 5.74) is 15.0. The minimum atomic E-state index is -1.24. The Morgan fingerprint density at radius 1 is 0.769 bits per heavy atom. The SMILES string of the molecule is [N-]=[N+]=C(C(=O)C(=[N+]=[N-])c1ccccc1[N+](=O)[O-])c1ccccc1[N+](=O)[O-]. The molecule has 0 radical (unpaired) electrons. The number of hydrogen-bond donors (Lipinski definition) is 0. The molecular weight excluding hydrogens is 344 g/mol. The molecule has 2 aromatic carbocycles. The van der Waals surface area contributed by atoms with Crippen molar-refractivity contribution in [1.82, 2.24) is 0 Å². The predicted octanol–water partition coefficient (Wildman–Crippen LogP) is 1.81. The van der Waals surface area contributed by atoms with Crippen LogP contribution in [0.1, 0.15) is 11.1 Å². The monoisotopic (exact) mass is 352 g/mol. The van der Waals surface area contributed by atoms with Gasteiger partial charge in [-0.2, -0.15) is 9.58 Å². The van der Waals surface area contributed by atoms with Crippen molar-refractivity contribution in [2.75, 3.05) is 0 Å². The molecule has 0 saturated carbocycles. The van der Waals surface area contributed by atoms with Gasteiger partial charge in [0.05, 0.1) is 9.85 Å². The van der Waals surface area contributed by atoms with Crippen LogP contribution in [0.15, 0.2) is 48.5 Å². The van der Waals surface area contributed by atoms with E-state index in [1.807, 2.05) is 0 Å². The van der Waals surface area contributed by atoms with Crippen LogP contribution < -0.4 is 0 Å². The van der Waals surface area contributed by atoms with Crippen LogP contribution in [0.4, 0.5) is 11.4 Å². The molecule has 11 heteroatoms. The van der Waals surface area contributed by atoms with E-state index in [4.69, 9.17) is 0 Å². The molecule has 11 nitrogen and oxygen atoms in total. The largest absolute Gasteiger partial charge is 0.384 e. The highest BCUT2D eigenvalue weighted by Crippen LogP contribution is 2.21. The molecule has 0 aliphatic rings. The Morgan fingerprint density at radius 3 is 1.42 bits per heavy atom. The fourth-order valence-electron chi connectivity index (χ4n) is 2.22. The Bertz CT molecular complexity index is 953. The summed E-state index contributed by atoms with van der Waals surface area (Å²) in [5.74, 6) is -1.24. The van der Waals surface area contributed by atoms with Crippen LogP contribution >= 0.6 is 0 Å². The van der Waals surface area contributed by atoms with Gasteiger partial charge in [0.1, 0.15) is 11.1 Å². The van der Waals surface area contributed by atoms with Crippen molar-refractivity contribution >= 4 is 28.6 Å². The van der Waals surface area contributed by atoms with Gasteiger partial charge in [-0.3, -0.25) is 25.0 Å². The van der Waals surface area contributed by atoms with E-state index in [1.165, 1.54) is 24.3 Å². The van der Waals surface area contributed by atoms with Crippen molar-refractivity contribution in [3.05, 3.63) is 90.9 Å². The zero-order valence-electron chi connectivity index (χ0n) is 12.8. The molecule has 0 N–H and O–H groups in total. The highest BCUT2D eigenvalue weighted by molar-refractivity contribution is 6.70. The van der Waals surface area contributed by atoms with E-state index < -0.39 is 38.4 Å². The van der Waals surface area contributed by atoms with E-state index in [2.05, 4.69) is 9.58 Å². The van der Waals surface area contributed by atoms with Crippen LogP contribution in [-0.2, 0) is 4.79 Å². The minimum Gasteiger partial charge on any atom is -0.361 e. The Hall–Kier alpha value is -4.33. The second kappa shape index (κ2) is 7.49. The average Bonchev–Trinajstić information content (AvgIpc) is 2.63. The maximum absolute atomic E-state index is 12.6. The molecule has 0 spiro atoms. The molecule has 2 rings (SSSR count). The molecule has 0 bridgehead atoms. The van der Waals surface area contributed by atoms with E-state index in [0.717, 1.165) is 24.3 Å². The highest BCUT2D eigenvalue weighted by Gasteiger charge is 2.41. The Balaban J connectivity index is 2.63. The maximum Gasteiger partial charge on any atom is 0.384 e. The van der Waals surface area contributed by atoms with Crippen molar-refractivity contribution in [2.45, 2.75) is 0 Å². The maximum atomic E-state index is 12.6. The highest BCUT2D eigenvalue weighted by atomic mass is 16.6. The smallest absolute Gasteiger partial charge is 0.361 e. The van der Waals surface area contributed by atoms with Crippen LogP contribution in [0.2, 0.25) is 0 Å². The average molecular weight is 352 g/mol. The molecule has 0 aromatic heterocycles. The first-order valence-electron chi connectivity index (χ1n) is 6.88. The lowest BCUT2D eigenvalue weighted by atomic mass is 9.97. The third-order valence-electron chi connectivity index (χ3n) is 3.34. The molecule has 26 heavy (non-hydrogen) atoms. The molecule has 0 amide bonds. The van der Waals surface area contributed by atoms with Crippen molar-refractivity contribution in [3.8, 4) is 0 Å². The lowest BCUT2D eigenvalue weighted by Gasteiger charge is -1.99. The van der Waals surface area contributed by atoms with E-state index in [0.29, 0.717) is 0 Å². The molecule has 2 aromatic rings. The third kappa shape index (κ3) is 3.29. The van der Waals surface area contributed by atoms with Crippen LogP contribution in [0.3, 0.4) is 0 Å². The summed E-state index contributed by atoms with van der Waals surface area (Å²) < 4.78 is 0. The van der Waals surface area contributed by atoms with Gasteiger partial charge in [-0.05, 0) is 12.1 Å². The van der Waals surface area contributed by atoms with Gasteiger partial charge in [-0.1, -0.05) is 24.3 Å². The van der Waals surface area contributed by atoms with E-state index in [-0.39, 0.29) is 11.1 Å². The van der Waals surface area contributed by atoms with Gasteiger partial charge in [0.25, 0.3) is 11.4 Å². The predicted molar refractivity (Wildman–Crippen MR) is 86.7 cm³/mol. The van der Waals surface area contributed by atoms with Crippen LogP contribution in [0, 0.1) is 20.2 Å². The summed E-state index contributed by atoms with van der Waals surface area (Å²) in [6, 6.07) is 9.86.